The van der Waals surface area contributed by atoms with Crippen molar-refractivity contribution < 1.29 is 14.3 Å². The van der Waals surface area contributed by atoms with Crippen molar-refractivity contribution in [1.29, 1.82) is 0 Å². The predicted molar refractivity (Wildman–Crippen MR) is 61.1 cm³/mol. The summed E-state index contributed by atoms with van der Waals surface area (Å²) in [6.07, 6.45) is 0.171. The van der Waals surface area contributed by atoms with E-state index in [1.54, 1.807) is 25.1 Å². The number of nitrogens with one attached hydrogen (secondary N) is 1. The Balaban J connectivity index is 2.78. The molecule has 86 valence electrons. The molecule has 1 aromatic rings. The number of esters is 1. The molecule has 0 aliphatic heterocycles. The highest BCUT2D eigenvalue weighted by atomic mass is 16.5. The van der Waals surface area contributed by atoms with Crippen molar-refractivity contribution in [2.45, 2.75) is 20.3 Å². The second kappa shape index (κ2) is 5.90. The normalized spacial score (nSPS) is 9.62. The average Bonchev–Trinajstić information content (AvgIpc) is 2.20. The summed E-state index contributed by atoms with van der Waals surface area (Å²) in [5.74, 6) is -0.448. The number of carbonyl (C=O) groups excluding carboxylic acids is 2. The van der Waals surface area contributed by atoms with Gasteiger partial charge in [0, 0.05) is 12.6 Å². The summed E-state index contributed by atoms with van der Waals surface area (Å²) in [5.41, 5.74) is 1.42. The molecular weight excluding hydrogens is 206 g/mol. The van der Waals surface area contributed by atoms with Gasteiger partial charge in [-0.1, -0.05) is 18.2 Å². The Morgan fingerprint density at radius 1 is 1.31 bits per heavy atom. The zero-order valence-corrected chi connectivity index (χ0v) is 9.45. The van der Waals surface area contributed by atoms with Gasteiger partial charge in [-0.15, -0.1) is 0 Å². The Hall–Kier alpha value is -1.84. The van der Waals surface area contributed by atoms with E-state index < -0.39 is 0 Å². The topological polar surface area (TPSA) is 55.4 Å². The van der Waals surface area contributed by atoms with E-state index in [0.29, 0.717) is 12.3 Å². The van der Waals surface area contributed by atoms with E-state index in [2.05, 4.69) is 5.32 Å². The van der Waals surface area contributed by atoms with Gasteiger partial charge in [-0.2, -0.15) is 0 Å². The lowest BCUT2D eigenvalue weighted by Crippen LogP contribution is -2.12. The molecule has 4 heteroatoms. The second-order valence-corrected chi connectivity index (χ2v) is 3.32. The van der Waals surface area contributed by atoms with Gasteiger partial charge in [0.05, 0.1) is 13.0 Å². The van der Waals surface area contributed by atoms with Crippen molar-refractivity contribution in [3.63, 3.8) is 0 Å². The van der Waals surface area contributed by atoms with Crippen LogP contribution in [0.3, 0.4) is 0 Å². The fourth-order valence-electron chi connectivity index (χ4n) is 1.35. The largest absolute Gasteiger partial charge is 0.466 e. The molecule has 4 nitrogen and oxygen atoms in total. The number of anilines is 1. The lowest BCUT2D eigenvalue weighted by atomic mass is 10.1. The van der Waals surface area contributed by atoms with Crippen LogP contribution in [0.1, 0.15) is 19.4 Å². The zero-order valence-electron chi connectivity index (χ0n) is 9.45. The van der Waals surface area contributed by atoms with Gasteiger partial charge in [-0.25, -0.2) is 0 Å². The molecule has 0 aliphatic rings. The molecule has 0 saturated heterocycles. The van der Waals surface area contributed by atoms with E-state index in [0.717, 1.165) is 5.56 Å². The van der Waals surface area contributed by atoms with Gasteiger partial charge >= 0.3 is 5.97 Å². The van der Waals surface area contributed by atoms with Gasteiger partial charge in [-0.3, -0.25) is 9.59 Å². The number of carbonyl (C=O) groups is 2. The van der Waals surface area contributed by atoms with Crippen LogP contribution < -0.4 is 5.32 Å². The van der Waals surface area contributed by atoms with Gasteiger partial charge < -0.3 is 10.1 Å². The maximum atomic E-state index is 11.3. The maximum absolute atomic E-state index is 11.3. The van der Waals surface area contributed by atoms with E-state index in [-0.39, 0.29) is 18.3 Å². The van der Waals surface area contributed by atoms with Crippen LogP contribution in [0.4, 0.5) is 5.69 Å². The Morgan fingerprint density at radius 3 is 2.62 bits per heavy atom. The third-order valence-corrected chi connectivity index (χ3v) is 1.97. The van der Waals surface area contributed by atoms with E-state index in [4.69, 9.17) is 4.74 Å². The molecule has 0 unspecified atom stereocenters. The number of hydrogen-bond acceptors (Lipinski definition) is 3. The highest BCUT2D eigenvalue weighted by molar-refractivity contribution is 5.90. The SMILES string of the molecule is CCOC(=O)Cc1ccccc1NC(C)=O. The van der Waals surface area contributed by atoms with Gasteiger partial charge in [-0.05, 0) is 18.6 Å². The van der Waals surface area contributed by atoms with Crippen LogP contribution in [0, 0.1) is 0 Å². The van der Waals surface area contributed by atoms with Gasteiger partial charge in [0.15, 0.2) is 0 Å². The smallest absolute Gasteiger partial charge is 0.310 e. The molecule has 1 amide bonds. The molecular formula is C12H15NO3. The van der Waals surface area contributed by atoms with Crippen molar-refractivity contribution in [3.05, 3.63) is 29.8 Å². The van der Waals surface area contributed by atoms with E-state index >= 15 is 0 Å². The van der Waals surface area contributed by atoms with Gasteiger partial charge in [0.1, 0.15) is 0 Å². The van der Waals surface area contributed by atoms with E-state index in [1.165, 1.54) is 6.92 Å². The molecule has 1 rings (SSSR count). The Labute approximate surface area is 94.6 Å². The van der Waals surface area contributed by atoms with Crippen LogP contribution in [-0.2, 0) is 20.7 Å². The van der Waals surface area contributed by atoms with Crippen LogP contribution in [0.5, 0.6) is 0 Å². The summed E-state index contributed by atoms with van der Waals surface area (Å²) in [6, 6.07) is 7.18. The zero-order chi connectivity index (χ0) is 12.0. The monoisotopic (exact) mass is 221 g/mol. The molecule has 0 fully saturated rings. The molecule has 1 aromatic carbocycles. The van der Waals surface area contributed by atoms with Crippen molar-refractivity contribution in [2.75, 3.05) is 11.9 Å². The summed E-state index contributed by atoms with van der Waals surface area (Å²) >= 11 is 0. The summed E-state index contributed by atoms with van der Waals surface area (Å²) in [4.78, 5) is 22.3. The minimum Gasteiger partial charge on any atom is -0.466 e. The molecule has 0 aliphatic carbocycles. The first-order chi connectivity index (χ1) is 7.63. The van der Waals surface area contributed by atoms with Crippen LogP contribution in [0.25, 0.3) is 0 Å². The quantitative estimate of drug-likeness (QED) is 0.788. The number of rotatable bonds is 4. The van der Waals surface area contributed by atoms with Crippen LogP contribution in [-0.4, -0.2) is 18.5 Å². The molecule has 0 bridgehead atoms. The van der Waals surface area contributed by atoms with Gasteiger partial charge in [0.25, 0.3) is 0 Å². The first-order valence-electron chi connectivity index (χ1n) is 5.14. The first kappa shape index (κ1) is 12.2. The number of amides is 1. The van der Waals surface area contributed by atoms with Gasteiger partial charge in [0.2, 0.25) is 5.91 Å². The summed E-state index contributed by atoms with van der Waals surface area (Å²) in [6.45, 7) is 3.56. The molecule has 0 aromatic heterocycles. The second-order valence-electron chi connectivity index (χ2n) is 3.32. The van der Waals surface area contributed by atoms with Crippen LogP contribution in [0.15, 0.2) is 24.3 Å². The maximum Gasteiger partial charge on any atom is 0.310 e. The molecule has 0 heterocycles. The van der Waals surface area contributed by atoms with Crippen molar-refractivity contribution >= 4 is 17.6 Å². The third kappa shape index (κ3) is 3.73. The highest BCUT2D eigenvalue weighted by Crippen LogP contribution is 2.15. The van der Waals surface area contributed by atoms with E-state index in [9.17, 15) is 9.59 Å². The molecule has 0 atom stereocenters. The average molecular weight is 221 g/mol. The molecule has 0 spiro atoms. The number of benzene rings is 1. The molecule has 0 radical (unpaired) electrons. The van der Waals surface area contributed by atoms with Crippen molar-refractivity contribution in [1.82, 2.24) is 0 Å². The minimum absolute atomic E-state index is 0.156. The Bertz CT molecular complexity index is 388. The first-order valence-corrected chi connectivity index (χ1v) is 5.14. The minimum atomic E-state index is -0.291. The fourth-order valence-corrected chi connectivity index (χ4v) is 1.35. The lowest BCUT2D eigenvalue weighted by Gasteiger charge is -2.08. The Kier molecular flexibility index (Phi) is 4.51. The number of ether oxygens (including phenoxy) is 1. The Morgan fingerprint density at radius 2 is 2.00 bits per heavy atom. The summed E-state index contributed by atoms with van der Waals surface area (Å²) < 4.78 is 4.85. The summed E-state index contributed by atoms with van der Waals surface area (Å²) in [5, 5.41) is 2.67. The number of hydrogen-bond donors (Lipinski definition) is 1. The van der Waals surface area contributed by atoms with Crippen LogP contribution in [0.2, 0.25) is 0 Å². The summed E-state index contributed by atoms with van der Waals surface area (Å²) in [7, 11) is 0. The number of para-hydroxylation sites is 1. The predicted octanol–water partition coefficient (Wildman–Crippen LogP) is 1.75. The molecule has 1 N–H and O–H groups in total. The van der Waals surface area contributed by atoms with E-state index in [1.807, 2.05) is 6.07 Å². The fraction of sp³-hybridized carbons (Fsp3) is 0.333. The van der Waals surface area contributed by atoms with Crippen LogP contribution >= 0.6 is 0 Å². The highest BCUT2D eigenvalue weighted by Gasteiger charge is 2.08. The lowest BCUT2D eigenvalue weighted by molar-refractivity contribution is -0.142. The molecule has 0 saturated carbocycles. The third-order valence-electron chi connectivity index (χ3n) is 1.97. The molecule has 16 heavy (non-hydrogen) atoms. The standard InChI is InChI=1S/C12H15NO3/c1-3-16-12(15)8-10-6-4-5-7-11(10)13-9(2)14/h4-7H,3,8H2,1-2H3,(H,13,14). The van der Waals surface area contributed by atoms with Crippen molar-refractivity contribution in [3.8, 4) is 0 Å². The van der Waals surface area contributed by atoms with Crippen molar-refractivity contribution in [2.24, 2.45) is 0 Å².